The van der Waals surface area contributed by atoms with E-state index in [4.69, 9.17) is 21.3 Å². The molecule has 0 fully saturated rings. The van der Waals surface area contributed by atoms with Crippen LogP contribution >= 0.6 is 11.6 Å². The maximum atomic E-state index is 6.09. The predicted octanol–water partition coefficient (Wildman–Crippen LogP) is 5.84. The maximum absolute atomic E-state index is 6.09. The standard InChI is InChI=1S/C23H20ClN3O/c1-28-18-6-4-5-16(13-18)22-14-20(15-9-11-17(24)12-10-15)26-23-25-19-7-2-3-8-21(19)27(22)23/h2-13,20,22H,14H2,1H3,(H,25,26)/t20-,22+/m0/s1. The number of benzene rings is 3. The van der Waals surface area contributed by atoms with Crippen LogP contribution in [0.5, 0.6) is 5.75 Å². The number of hydrogen-bond acceptors (Lipinski definition) is 3. The van der Waals surface area contributed by atoms with Crippen molar-refractivity contribution in [2.75, 3.05) is 12.4 Å². The van der Waals surface area contributed by atoms with E-state index in [2.05, 4.69) is 52.3 Å². The number of anilines is 1. The Kier molecular flexibility index (Phi) is 4.21. The normalized spacial score (nSPS) is 18.5. The van der Waals surface area contributed by atoms with Gasteiger partial charge in [0.05, 0.1) is 30.2 Å². The van der Waals surface area contributed by atoms with E-state index in [0.717, 1.165) is 34.2 Å². The molecule has 0 bridgehead atoms. The summed E-state index contributed by atoms with van der Waals surface area (Å²) < 4.78 is 7.77. The van der Waals surface area contributed by atoms with Crippen molar-refractivity contribution in [1.29, 1.82) is 0 Å². The highest BCUT2D eigenvalue weighted by atomic mass is 35.5. The fraction of sp³-hybridized carbons (Fsp3) is 0.174. The Morgan fingerprint density at radius 2 is 1.82 bits per heavy atom. The van der Waals surface area contributed by atoms with Crippen molar-refractivity contribution in [3.05, 3.63) is 88.9 Å². The van der Waals surface area contributed by atoms with Gasteiger partial charge in [-0.2, -0.15) is 0 Å². The molecular formula is C23H20ClN3O. The predicted molar refractivity (Wildman–Crippen MR) is 113 cm³/mol. The molecular weight excluding hydrogens is 370 g/mol. The minimum Gasteiger partial charge on any atom is -0.497 e. The van der Waals surface area contributed by atoms with Crippen LogP contribution in [0.15, 0.2) is 72.8 Å². The number of para-hydroxylation sites is 2. The maximum Gasteiger partial charge on any atom is 0.204 e. The average Bonchev–Trinajstić information content (AvgIpc) is 3.12. The second-order valence-electron chi connectivity index (χ2n) is 7.07. The van der Waals surface area contributed by atoms with E-state index in [1.807, 2.05) is 30.3 Å². The van der Waals surface area contributed by atoms with E-state index >= 15 is 0 Å². The highest BCUT2D eigenvalue weighted by Gasteiger charge is 2.31. The van der Waals surface area contributed by atoms with Crippen molar-refractivity contribution >= 4 is 28.6 Å². The molecule has 28 heavy (non-hydrogen) atoms. The lowest BCUT2D eigenvalue weighted by Gasteiger charge is -2.33. The molecule has 4 nitrogen and oxygen atoms in total. The summed E-state index contributed by atoms with van der Waals surface area (Å²) in [4.78, 5) is 4.86. The lowest BCUT2D eigenvalue weighted by atomic mass is 9.93. The second kappa shape index (κ2) is 6.88. The van der Waals surface area contributed by atoms with E-state index in [0.29, 0.717) is 0 Å². The molecule has 5 rings (SSSR count). The first-order chi connectivity index (χ1) is 13.7. The van der Waals surface area contributed by atoms with E-state index in [1.54, 1.807) is 7.11 Å². The van der Waals surface area contributed by atoms with Gasteiger partial charge in [0.25, 0.3) is 0 Å². The Hall–Kier alpha value is -2.98. The largest absolute Gasteiger partial charge is 0.497 e. The number of nitrogens with zero attached hydrogens (tertiary/aromatic N) is 2. The molecule has 0 saturated heterocycles. The lowest BCUT2D eigenvalue weighted by molar-refractivity contribution is 0.411. The van der Waals surface area contributed by atoms with Gasteiger partial charge in [0.1, 0.15) is 5.75 Å². The number of halogens is 1. The molecule has 0 aliphatic carbocycles. The first-order valence-electron chi connectivity index (χ1n) is 9.36. The Bertz CT molecular complexity index is 1140. The molecule has 2 heterocycles. The van der Waals surface area contributed by atoms with Gasteiger partial charge in [0, 0.05) is 5.02 Å². The summed E-state index contributed by atoms with van der Waals surface area (Å²) in [5.41, 5.74) is 4.54. The summed E-state index contributed by atoms with van der Waals surface area (Å²) in [5, 5.41) is 4.37. The Morgan fingerprint density at radius 1 is 1.00 bits per heavy atom. The van der Waals surface area contributed by atoms with E-state index in [9.17, 15) is 0 Å². The number of methoxy groups -OCH3 is 1. The number of imidazole rings is 1. The number of hydrogen-bond donors (Lipinski definition) is 1. The number of ether oxygens (including phenoxy) is 1. The molecule has 140 valence electrons. The summed E-state index contributed by atoms with van der Waals surface area (Å²) in [6.07, 6.45) is 0.905. The van der Waals surface area contributed by atoms with E-state index in [-0.39, 0.29) is 12.1 Å². The zero-order chi connectivity index (χ0) is 19.1. The minimum atomic E-state index is 0.151. The number of aromatic nitrogens is 2. The molecule has 3 aromatic carbocycles. The summed E-state index contributed by atoms with van der Waals surface area (Å²) >= 11 is 6.09. The molecule has 5 heteroatoms. The van der Waals surface area contributed by atoms with Gasteiger partial charge in [-0.1, -0.05) is 48.0 Å². The van der Waals surface area contributed by atoms with E-state index in [1.165, 1.54) is 11.1 Å². The van der Waals surface area contributed by atoms with Crippen molar-refractivity contribution in [3.8, 4) is 5.75 Å². The molecule has 0 radical (unpaired) electrons. The molecule has 4 aromatic rings. The Balaban J connectivity index is 1.66. The van der Waals surface area contributed by atoms with Gasteiger partial charge in [-0.05, 0) is 53.9 Å². The smallest absolute Gasteiger partial charge is 0.204 e. The number of fused-ring (bicyclic) bond motifs is 3. The highest BCUT2D eigenvalue weighted by Crippen LogP contribution is 2.41. The third-order valence-electron chi connectivity index (χ3n) is 5.42. The zero-order valence-corrected chi connectivity index (χ0v) is 16.2. The van der Waals surface area contributed by atoms with Gasteiger partial charge < -0.3 is 14.6 Å². The fourth-order valence-corrected chi connectivity index (χ4v) is 4.18. The van der Waals surface area contributed by atoms with Crippen molar-refractivity contribution in [2.24, 2.45) is 0 Å². The Labute approximate surface area is 168 Å². The molecule has 0 saturated carbocycles. The fourth-order valence-electron chi connectivity index (χ4n) is 4.05. The van der Waals surface area contributed by atoms with Crippen molar-refractivity contribution in [2.45, 2.75) is 18.5 Å². The lowest BCUT2D eigenvalue weighted by Crippen LogP contribution is -2.27. The van der Waals surface area contributed by atoms with Crippen LogP contribution in [0.3, 0.4) is 0 Å². The van der Waals surface area contributed by atoms with Crippen LogP contribution in [-0.2, 0) is 0 Å². The molecule has 1 aliphatic heterocycles. The molecule has 2 atom stereocenters. The highest BCUT2D eigenvalue weighted by molar-refractivity contribution is 6.30. The van der Waals surface area contributed by atoms with E-state index < -0.39 is 0 Å². The Morgan fingerprint density at radius 3 is 2.64 bits per heavy atom. The molecule has 1 N–H and O–H groups in total. The summed E-state index contributed by atoms with van der Waals surface area (Å²) in [6, 6.07) is 24.9. The SMILES string of the molecule is COc1cccc([C@H]2C[C@@H](c3ccc(Cl)cc3)Nc3nc4ccccc4n32)c1. The van der Waals surface area contributed by atoms with Gasteiger partial charge in [-0.3, -0.25) is 0 Å². The first-order valence-corrected chi connectivity index (χ1v) is 9.73. The molecule has 1 aromatic heterocycles. The zero-order valence-electron chi connectivity index (χ0n) is 15.5. The van der Waals surface area contributed by atoms with Gasteiger partial charge in [0.15, 0.2) is 0 Å². The van der Waals surface area contributed by atoms with Crippen LogP contribution in [0.25, 0.3) is 11.0 Å². The summed E-state index contributed by atoms with van der Waals surface area (Å²) in [7, 11) is 1.70. The summed E-state index contributed by atoms with van der Waals surface area (Å²) in [5.74, 6) is 1.75. The van der Waals surface area contributed by atoms with Crippen molar-refractivity contribution in [3.63, 3.8) is 0 Å². The second-order valence-corrected chi connectivity index (χ2v) is 7.51. The van der Waals surface area contributed by atoms with Crippen LogP contribution in [-0.4, -0.2) is 16.7 Å². The van der Waals surface area contributed by atoms with Gasteiger partial charge in [-0.25, -0.2) is 4.98 Å². The van der Waals surface area contributed by atoms with Crippen LogP contribution in [0.2, 0.25) is 5.02 Å². The monoisotopic (exact) mass is 389 g/mol. The minimum absolute atomic E-state index is 0.151. The van der Waals surface area contributed by atoms with Gasteiger partial charge >= 0.3 is 0 Å². The first kappa shape index (κ1) is 17.1. The number of nitrogens with one attached hydrogen (secondary N) is 1. The van der Waals surface area contributed by atoms with Crippen LogP contribution in [0, 0.1) is 0 Å². The van der Waals surface area contributed by atoms with Crippen LogP contribution < -0.4 is 10.1 Å². The average molecular weight is 390 g/mol. The third-order valence-corrected chi connectivity index (χ3v) is 5.67. The van der Waals surface area contributed by atoms with Crippen LogP contribution in [0.4, 0.5) is 5.95 Å². The van der Waals surface area contributed by atoms with Crippen molar-refractivity contribution in [1.82, 2.24) is 9.55 Å². The molecule has 0 spiro atoms. The third kappa shape index (κ3) is 2.90. The summed E-state index contributed by atoms with van der Waals surface area (Å²) in [6.45, 7) is 0. The van der Waals surface area contributed by atoms with Crippen molar-refractivity contribution < 1.29 is 4.74 Å². The quantitative estimate of drug-likeness (QED) is 0.478. The van der Waals surface area contributed by atoms with Gasteiger partial charge in [-0.15, -0.1) is 0 Å². The van der Waals surface area contributed by atoms with Gasteiger partial charge in [0.2, 0.25) is 5.95 Å². The topological polar surface area (TPSA) is 39.1 Å². The number of rotatable bonds is 3. The molecule has 1 aliphatic rings. The van der Waals surface area contributed by atoms with Crippen LogP contribution in [0.1, 0.15) is 29.6 Å². The molecule has 0 unspecified atom stereocenters. The molecule has 0 amide bonds.